The molecule has 30 heavy (non-hydrogen) atoms. The van der Waals surface area contributed by atoms with Crippen LogP contribution in [0.4, 0.5) is 0 Å². The molecule has 156 valence electrons. The molecule has 3 aromatic rings. The smallest absolute Gasteiger partial charge is 0.342 e. The standard InChI is InChI=1S/C23H23NO6/c1-14-19(25)17-10-7-11-18(21(17)30-20(14)16-8-5-4-6-9-16)23(27)29-15(2)22(26)24-12-13-28-3/h4-11,15H,12-13H2,1-3H3,(H,24,26)/t15-/m0/s1. The van der Waals surface area contributed by atoms with Crippen molar-refractivity contribution in [2.45, 2.75) is 20.0 Å². The molecule has 1 amide bonds. The lowest BCUT2D eigenvalue weighted by atomic mass is 10.0. The number of benzene rings is 2. The summed E-state index contributed by atoms with van der Waals surface area (Å²) < 4.78 is 16.2. The summed E-state index contributed by atoms with van der Waals surface area (Å²) in [6, 6.07) is 13.9. The Labute approximate surface area is 173 Å². The normalized spacial score (nSPS) is 11.8. The number of hydrogen-bond acceptors (Lipinski definition) is 6. The molecular formula is C23H23NO6. The maximum atomic E-state index is 12.9. The van der Waals surface area contributed by atoms with Crippen LogP contribution in [0.3, 0.4) is 0 Å². The lowest BCUT2D eigenvalue weighted by molar-refractivity contribution is -0.129. The summed E-state index contributed by atoms with van der Waals surface area (Å²) in [5.41, 5.74) is 1.16. The molecule has 0 aliphatic heterocycles. The molecule has 0 saturated carbocycles. The molecule has 7 nitrogen and oxygen atoms in total. The van der Waals surface area contributed by atoms with Crippen LogP contribution in [0.5, 0.6) is 0 Å². The van der Waals surface area contributed by atoms with E-state index in [2.05, 4.69) is 5.32 Å². The molecule has 0 unspecified atom stereocenters. The molecule has 7 heteroatoms. The third-order valence-corrected chi connectivity index (χ3v) is 4.66. The zero-order valence-electron chi connectivity index (χ0n) is 17.1. The Morgan fingerprint density at radius 2 is 1.83 bits per heavy atom. The van der Waals surface area contributed by atoms with E-state index in [4.69, 9.17) is 13.9 Å². The summed E-state index contributed by atoms with van der Waals surface area (Å²) in [7, 11) is 1.52. The topological polar surface area (TPSA) is 94.8 Å². The molecule has 1 aromatic heterocycles. The molecule has 1 N–H and O–H groups in total. The SMILES string of the molecule is COCCNC(=O)[C@H](C)OC(=O)c1cccc2c(=O)c(C)c(-c3ccccc3)oc12. The Morgan fingerprint density at radius 3 is 2.53 bits per heavy atom. The zero-order valence-corrected chi connectivity index (χ0v) is 17.1. The number of rotatable bonds is 7. The number of hydrogen-bond donors (Lipinski definition) is 1. The largest absolute Gasteiger partial charge is 0.455 e. The third-order valence-electron chi connectivity index (χ3n) is 4.66. The summed E-state index contributed by atoms with van der Waals surface area (Å²) in [6.45, 7) is 3.81. The quantitative estimate of drug-likeness (QED) is 0.476. The van der Waals surface area contributed by atoms with Gasteiger partial charge in [0.2, 0.25) is 0 Å². The van der Waals surface area contributed by atoms with Crippen LogP contribution in [0.25, 0.3) is 22.3 Å². The van der Waals surface area contributed by atoms with Gasteiger partial charge in [-0.2, -0.15) is 0 Å². The van der Waals surface area contributed by atoms with Crippen LogP contribution in [0, 0.1) is 6.92 Å². The van der Waals surface area contributed by atoms with E-state index in [9.17, 15) is 14.4 Å². The van der Waals surface area contributed by atoms with E-state index in [1.807, 2.05) is 30.3 Å². The van der Waals surface area contributed by atoms with E-state index in [1.165, 1.54) is 20.1 Å². The number of carbonyl (C=O) groups is 2. The van der Waals surface area contributed by atoms with Gasteiger partial charge in [0.15, 0.2) is 17.1 Å². The van der Waals surface area contributed by atoms with Crippen LogP contribution in [-0.2, 0) is 14.3 Å². The van der Waals surface area contributed by atoms with Crippen LogP contribution >= 0.6 is 0 Å². The molecule has 0 bridgehead atoms. The van der Waals surface area contributed by atoms with E-state index in [-0.39, 0.29) is 22.0 Å². The van der Waals surface area contributed by atoms with E-state index < -0.39 is 18.0 Å². The molecule has 0 spiro atoms. The number of esters is 1. The molecule has 1 heterocycles. The second kappa shape index (κ2) is 9.37. The van der Waals surface area contributed by atoms with Crippen LogP contribution in [0.1, 0.15) is 22.8 Å². The van der Waals surface area contributed by atoms with Gasteiger partial charge >= 0.3 is 5.97 Å². The number of nitrogens with one attached hydrogen (secondary N) is 1. The summed E-state index contributed by atoms with van der Waals surface area (Å²) in [5, 5.41) is 2.89. The molecule has 0 aliphatic carbocycles. The minimum absolute atomic E-state index is 0.0818. The highest BCUT2D eigenvalue weighted by molar-refractivity contribution is 6.03. The maximum absolute atomic E-state index is 12.9. The van der Waals surface area contributed by atoms with Gasteiger partial charge in [0.1, 0.15) is 11.3 Å². The Hall–Kier alpha value is -3.45. The van der Waals surface area contributed by atoms with Crippen molar-refractivity contribution >= 4 is 22.8 Å². The van der Waals surface area contributed by atoms with Crippen molar-refractivity contribution in [1.29, 1.82) is 0 Å². The minimum Gasteiger partial charge on any atom is -0.455 e. The number of amides is 1. The van der Waals surface area contributed by atoms with E-state index >= 15 is 0 Å². The minimum atomic E-state index is -1.02. The van der Waals surface area contributed by atoms with Crippen molar-refractivity contribution in [3.8, 4) is 11.3 Å². The van der Waals surface area contributed by atoms with Crippen LogP contribution < -0.4 is 10.7 Å². The van der Waals surface area contributed by atoms with Gasteiger partial charge in [-0.3, -0.25) is 9.59 Å². The number of carbonyl (C=O) groups excluding carboxylic acids is 2. The predicted molar refractivity (Wildman–Crippen MR) is 112 cm³/mol. The average molecular weight is 409 g/mol. The van der Waals surface area contributed by atoms with Crippen LogP contribution in [-0.4, -0.2) is 38.2 Å². The lowest BCUT2D eigenvalue weighted by Gasteiger charge is -2.14. The third kappa shape index (κ3) is 4.41. The van der Waals surface area contributed by atoms with Crippen molar-refractivity contribution in [1.82, 2.24) is 5.32 Å². The number of methoxy groups -OCH3 is 1. The monoisotopic (exact) mass is 409 g/mol. The fourth-order valence-electron chi connectivity index (χ4n) is 3.03. The fraction of sp³-hybridized carbons (Fsp3) is 0.261. The summed E-state index contributed by atoms with van der Waals surface area (Å²) in [6.07, 6.45) is -1.02. The van der Waals surface area contributed by atoms with E-state index in [0.29, 0.717) is 24.5 Å². The van der Waals surface area contributed by atoms with Gasteiger partial charge in [0, 0.05) is 24.8 Å². The highest BCUT2D eigenvalue weighted by Crippen LogP contribution is 2.27. The highest BCUT2D eigenvalue weighted by Gasteiger charge is 2.23. The van der Waals surface area contributed by atoms with Crippen LogP contribution in [0.15, 0.2) is 57.7 Å². The molecule has 0 aliphatic rings. The molecule has 0 fully saturated rings. The van der Waals surface area contributed by atoms with E-state index in [0.717, 1.165) is 5.56 Å². The molecule has 1 atom stereocenters. The fourth-order valence-corrected chi connectivity index (χ4v) is 3.03. The number of ether oxygens (including phenoxy) is 2. The van der Waals surface area contributed by atoms with Crippen molar-refractivity contribution in [2.75, 3.05) is 20.3 Å². The van der Waals surface area contributed by atoms with Crippen molar-refractivity contribution in [3.63, 3.8) is 0 Å². The maximum Gasteiger partial charge on any atom is 0.342 e. The van der Waals surface area contributed by atoms with Gasteiger partial charge in [-0.05, 0) is 26.0 Å². The van der Waals surface area contributed by atoms with Gasteiger partial charge < -0.3 is 19.2 Å². The van der Waals surface area contributed by atoms with Gasteiger partial charge in [0.05, 0.1) is 12.0 Å². The highest BCUT2D eigenvalue weighted by atomic mass is 16.5. The first-order chi connectivity index (χ1) is 14.4. The Bertz CT molecular complexity index is 1120. The Kier molecular flexibility index (Phi) is 6.64. The first-order valence-corrected chi connectivity index (χ1v) is 9.53. The summed E-state index contributed by atoms with van der Waals surface area (Å²) in [4.78, 5) is 37.7. The number of fused-ring (bicyclic) bond motifs is 1. The van der Waals surface area contributed by atoms with Gasteiger partial charge in [0.25, 0.3) is 5.91 Å². The van der Waals surface area contributed by atoms with Gasteiger partial charge in [-0.15, -0.1) is 0 Å². The van der Waals surface area contributed by atoms with Crippen molar-refractivity contribution < 1.29 is 23.5 Å². The second-order valence-electron chi connectivity index (χ2n) is 6.76. The average Bonchev–Trinajstić information content (AvgIpc) is 2.76. The van der Waals surface area contributed by atoms with E-state index in [1.54, 1.807) is 19.1 Å². The first kappa shape index (κ1) is 21.3. The van der Waals surface area contributed by atoms with Gasteiger partial charge in [-0.25, -0.2) is 4.79 Å². The predicted octanol–water partition coefficient (Wildman–Crippen LogP) is 3.08. The lowest BCUT2D eigenvalue weighted by Crippen LogP contribution is -2.37. The molecular weight excluding hydrogens is 386 g/mol. The first-order valence-electron chi connectivity index (χ1n) is 9.53. The second-order valence-corrected chi connectivity index (χ2v) is 6.76. The molecule has 2 aromatic carbocycles. The molecule has 0 saturated heterocycles. The van der Waals surface area contributed by atoms with Crippen molar-refractivity contribution in [3.05, 3.63) is 69.9 Å². The Balaban J connectivity index is 1.96. The molecule has 3 rings (SSSR count). The summed E-state index contributed by atoms with van der Waals surface area (Å²) in [5.74, 6) is -0.803. The van der Waals surface area contributed by atoms with Crippen LogP contribution in [0.2, 0.25) is 0 Å². The number of para-hydroxylation sites is 1. The van der Waals surface area contributed by atoms with Crippen molar-refractivity contribution in [2.24, 2.45) is 0 Å². The van der Waals surface area contributed by atoms with Gasteiger partial charge in [-0.1, -0.05) is 36.4 Å². The zero-order chi connectivity index (χ0) is 21.7. The molecule has 0 radical (unpaired) electrons. The Morgan fingerprint density at radius 1 is 1.10 bits per heavy atom. The summed E-state index contributed by atoms with van der Waals surface area (Å²) >= 11 is 0.